The largest absolute Gasteiger partial charge is 0.357 e. The van der Waals surface area contributed by atoms with E-state index < -0.39 is 11.6 Å². The molecule has 2 aromatic rings. The lowest BCUT2D eigenvalue weighted by Crippen LogP contribution is -2.38. The van der Waals surface area contributed by atoms with Crippen molar-refractivity contribution in [3.8, 4) is 0 Å². The van der Waals surface area contributed by atoms with Gasteiger partial charge in [0, 0.05) is 25.8 Å². The predicted molar refractivity (Wildman–Crippen MR) is 112 cm³/mol. The van der Waals surface area contributed by atoms with Gasteiger partial charge in [0.2, 0.25) is 0 Å². The Morgan fingerprint density at radius 1 is 1.15 bits per heavy atom. The molecule has 1 aromatic carbocycles. The van der Waals surface area contributed by atoms with Gasteiger partial charge in [0.1, 0.15) is 5.15 Å². The van der Waals surface area contributed by atoms with Crippen LogP contribution in [-0.2, 0) is 12.8 Å². The van der Waals surface area contributed by atoms with E-state index in [2.05, 4.69) is 20.6 Å². The van der Waals surface area contributed by atoms with Crippen molar-refractivity contribution in [3.05, 3.63) is 64.4 Å². The molecule has 142 valence electrons. The zero-order valence-electron chi connectivity index (χ0n) is 14.4. The van der Waals surface area contributed by atoms with Gasteiger partial charge >= 0.3 is 0 Å². The Morgan fingerprint density at radius 3 is 2.65 bits per heavy atom. The van der Waals surface area contributed by atoms with Crippen LogP contribution in [0.2, 0.25) is 5.15 Å². The van der Waals surface area contributed by atoms with Crippen molar-refractivity contribution in [2.24, 2.45) is 4.99 Å². The Morgan fingerprint density at radius 2 is 1.96 bits per heavy atom. The molecule has 0 amide bonds. The number of rotatable bonds is 7. The molecule has 0 spiro atoms. The number of aromatic nitrogens is 1. The fourth-order valence-corrected chi connectivity index (χ4v) is 2.36. The summed E-state index contributed by atoms with van der Waals surface area (Å²) in [6, 6.07) is 7.86. The Hall–Kier alpha value is -1.48. The van der Waals surface area contributed by atoms with E-state index in [9.17, 15) is 8.78 Å². The van der Waals surface area contributed by atoms with Crippen molar-refractivity contribution in [1.82, 2.24) is 15.6 Å². The number of nitrogens with one attached hydrogen (secondary N) is 2. The van der Waals surface area contributed by atoms with Crippen molar-refractivity contribution < 1.29 is 8.78 Å². The monoisotopic (exact) mass is 494 g/mol. The summed E-state index contributed by atoms with van der Waals surface area (Å²) >= 11 is 5.76. The lowest BCUT2D eigenvalue weighted by atomic mass is 10.1. The van der Waals surface area contributed by atoms with Gasteiger partial charge in [-0.2, -0.15) is 0 Å². The standard InChI is InChI=1S/C18H21ClF2N4.HI/c1-2-22-18(23-10-8-13-6-7-16(19)25-12-13)24-11-9-14-4-3-5-15(20)17(14)21;/h3-7,12H,2,8-11H2,1H3,(H2,22,23,24);1H. The molecule has 0 unspecified atom stereocenters. The van der Waals surface area contributed by atoms with Gasteiger partial charge in [0.15, 0.2) is 17.6 Å². The maximum Gasteiger partial charge on any atom is 0.191 e. The third kappa shape index (κ3) is 7.41. The molecule has 4 nitrogen and oxygen atoms in total. The maximum atomic E-state index is 13.6. The second-order valence-corrected chi connectivity index (χ2v) is 5.78. The Labute approximate surface area is 174 Å². The molecule has 0 fully saturated rings. The molecule has 0 bridgehead atoms. The van der Waals surface area contributed by atoms with Crippen molar-refractivity contribution >= 4 is 41.5 Å². The van der Waals surface area contributed by atoms with Gasteiger partial charge in [0.05, 0.1) is 0 Å². The summed E-state index contributed by atoms with van der Waals surface area (Å²) in [6.45, 7) is 3.71. The fourth-order valence-electron chi connectivity index (χ4n) is 2.25. The van der Waals surface area contributed by atoms with E-state index >= 15 is 0 Å². The summed E-state index contributed by atoms with van der Waals surface area (Å²) < 4.78 is 26.8. The number of hydrogen-bond donors (Lipinski definition) is 2. The average molecular weight is 495 g/mol. The van der Waals surface area contributed by atoms with Crippen LogP contribution in [0.3, 0.4) is 0 Å². The highest BCUT2D eigenvalue weighted by Crippen LogP contribution is 2.11. The summed E-state index contributed by atoms with van der Waals surface area (Å²) in [5, 5.41) is 6.80. The number of halogens is 4. The second-order valence-electron chi connectivity index (χ2n) is 5.39. The quantitative estimate of drug-likeness (QED) is 0.265. The minimum Gasteiger partial charge on any atom is -0.357 e. The van der Waals surface area contributed by atoms with Crippen LogP contribution in [0, 0.1) is 11.6 Å². The first kappa shape index (κ1) is 22.6. The smallest absolute Gasteiger partial charge is 0.191 e. The van der Waals surface area contributed by atoms with Crippen LogP contribution in [0.5, 0.6) is 0 Å². The van der Waals surface area contributed by atoms with Crippen LogP contribution >= 0.6 is 35.6 Å². The van der Waals surface area contributed by atoms with E-state index in [-0.39, 0.29) is 24.0 Å². The van der Waals surface area contributed by atoms with E-state index in [1.807, 2.05) is 13.0 Å². The molecule has 26 heavy (non-hydrogen) atoms. The molecule has 0 atom stereocenters. The van der Waals surface area contributed by atoms with Gasteiger partial charge in [-0.05, 0) is 43.0 Å². The molecule has 1 heterocycles. The lowest BCUT2D eigenvalue weighted by molar-refractivity contribution is 0.499. The zero-order valence-corrected chi connectivity index (χ0v) is 17.5. The van der Waals surface area contributed by atoms with Crippen LogP contribution in [0.25, 0.3) is 0 Å². The molecule has 0 radical (unpaired) electrons. The summed E-state index contributed by atoms with van der Waals surface area (Å²) in [7, 11) is 0. The van der Waals surface area contributed by atoms with Crippen LogP contribution in [0.15, 0.2) is 41.5 Å². The van der Waals surface area contributed by atoms with Crippen LogP contribution in [-0.4, -0.2) is 30.6 Å². The maximum absolute atomic E-state index is 13.6. The van der Waals surface area contributed by atoms with Crippen LogP contribution < -0.4 is 10.6 Å². The third-order valence-corrected chi connectivity index (χ3v) is 3.75. The summed E-state index contributed by atoms with van der Waals surface area (Å²) in [6.07, 6.45) is 2.84. The molecule has 2 N–H and O–H groups in total. The van der Waals surface area contributed by atoms with E-state index in [0.717, 1.165) is 18.1 Å². The molecule has 8 heteroatoms. The minimum absolute atomic E-state index is 0. The van der Waals surface area contributed by atoms with Gasteiger partial charge in [-0.3, -0.25) is 4.99 Å². The Bertz CT molecular complexity index is 711. The zero-order chi connectivity index (χ0) is 18.1. The lowest BCUT2D eigenvalue weighted by Gasteiger charge is -2.11. The van der Waals surface area contributed by atoms with E-state index in [1.165, 1.54) is 6.07 Å². The van der Waals surface area contributed by atoms with Crippen molar-refractivity contribution in [1.29, 1.82) is 0 Å². The number of benzene rings is 1. The molecule has 0 aliphatic carbocycles. The van der Waals surface area contributed by atoms with Gasteiger partial charge in [-0.15, -0.1) is 24.0 Å². The number of pyridine rings is 1. The normalized spacial score (nSPS) is 11.0. The number of hydrogen-bond acceptors (Lipinski definition) is 2. The predicted octanol–water partition coefficient (Wildman–Crippen LogP) is 3.97. The molecule has 0 saturated carbocycles. The first-order valence-corrected chi connectivity index (χ1v) is 8.53. The number of nitrogens with zero attached hydrogens (tertiary/aromatic N) is 2. The molecule has 1 aromatic heterocycles. The van der Waals surface area contributed by atoms with Crippen LogP contribution in [0.1, 0.15) is 18.1 Å². The SMILES string of the molecule is CCNC(=NCCc1cccc(F)c1F)NCCc1ccc(Cl)nc1.I. The highest BCUT2D eigenvalue weighted by molar-refractivity contribution is 14.0. The highest BCUT2D eigenvalue weighted by atomic mass is 127. The molecule has 0 saturated heterocycles. The van der Waals surface area contributed by atoms with E-state index in [4.69, 9.17) is 11.6 Å². The van der Waals surface area contributed by atoms with Crippen LogP contribution in [0.4, 0.5) is 8.78 Å². The number of guanidine groups is 1. The highest BCUT2D eigenvalue weighted by Gasteiger charge is 2.07. The van der Waals surface area contributed by atoms with E-state index in [1.54, 1.807) is 18.3 Å². The summed E-state index contributed by atoms with van der Waals surface area (Å²) in [4.78, 5) is 8.43. The summed E-state index contributed by atoms with van der Waals surface area (Å²) in [5.74, 6) is -0.991. The van der Waals surface area contributed by atoms with Gasteiger partial charge in [0.25, 0.3) is 0 Å². The number of aliphatic imine (C=N–C) groups is 1. The van der Waals surface area contributed by atoms with E-state index in [0.29, 0.717) is 42.7 Å². The third-order valence-electron chi connectivity index (χ3n) is 3.52. The van der Waals surface area contributed by atoms with Gasteiger partial charge < -0.3 is 10.6 Å². The average Bonchev–Trinajstić information content (AvgIpc) is 2.60. The Kier molecular flexibility index (Phi) is 10.4. The van der Waals surface area contributed by atoms with Crippen molar-refractivity contribution in [2.75, 3.05) is 19.6 Å². The molecule has 2 rings (SSSR count). The first-order valence-electron chi connectivity index (χ1n) is 8.15. The molecular weight excluding hydrogens is 473 g/mol. The second kappa shape index (κ2) is 12.0. The van der Waals surface area contributed by atoms with Crippen molar-refractivity contribution in [3.63, 3.8) is 0 Å². The summed E-state index contributed by atoms with van der Waals surface area (Å²) in [5.41, 5.74) is 1.39. The molecule has 0 aliphatic rings. The minimum atomic E-state index is -0.830. The first-order chi connectivity index (χ1) is 12.1. The van der Waals surface area contributed by atoms with Gasteiger partial charge in [-0.1, -0.05) is 29.8 Å². The topological polar surface area (TPSA) is 49.3 Å². The Balaban J connectivity index is 0.00000338. The molecule has 0 aliphatic heterocycles. The van der Waals surface area contributed by atoms with Gasteiger partial charge in [-0.25, -0.2) is 13.8 Å². The fraction of sp³-hybridized carbons (Fsp3) is 0.333. The van der Waals surface area contributed by atoms with Crippen molar-refractivity contribution in [2.45, 2.75) is 19.8 Å². The molecular formula is C18H22ClF2IN4.